The van der Waals surface area contributed by atoms with Crippen molar-refractivity contribution in [3.63, 3.8) is 0 Å². The number of ether oxygens (including phenoxy) is 1. The zero-order valence-electron chi connectivity index (χ0n) is 8.37. The van der Waals surface area contributed by atoms with Gasteiger partial charge in [-0.3, -0.25) is 0 Å². The molecule has 0 saturated carbocycles. The lowest BCUT2D eigenvalue weighted by Gasteiger charge is -2.29. The number of thiophene rings is 1. The summed E-state index contributed by atoms with van der Waals surface area (Å²) in [5, 5.41) is 2.15. The summed E-state index contributed by atoms with van der Waals surface area (Å²) in [6.07, 6.45) is 0. The SMILES string of the molecule is [NH3+]C[C@H](c1cccs1)[NH+]1CCOCC1. The Morgan fingerprint density at radius 3 is 2.86 bits per heavy atom. The first-order chi connectivity index (χ1) is 6.92. The van der Waals surface area contributed by atoms with Gasteiger partial charge in [-0.05, 0) is 11.4 Å². The van der Waals surface area contributed by atoms with Crippen molar-refractivity contribution >= 4 is 11.3 Å². The molecule has 0 aliphatic carbocycles. The molecule has 1 aromatic heterocycles. The molecular formula is C10H18N2OS+2. The third-order valence-electron chi connectivity index (χ3n) is 2.80. The van der Waals surface area contributed by atoms with Crippen molar-refractivity contribution in [1.82, 2.24) is 0 Å². The summed E-state index contributed by atoms with van der Waals surface area (Å²) >= 11 is 1.85. The summed E-state index contributed by atoms with van der Waals surface area (Å²) in [6.45, 7) is 5.03. The summed E-state index contributed by atoms with van der Waals surface area (Å²) in [5.41, 5.74) is 4.06. The van der Waals surface area contributed by atoms with Crippen LogP contribution in [0.4, 0.5) is 0 Å². The van der Waals surface area contributed by atoms with E-state index in [0.717, 1.165) is 32.8 Å². The van der Waals surface area contributed by atoms with Gasteiger partial charge in [0.2, 0.25) is 0 Å². The van der Waals surface area contributed by atoms with E-state index < -0.39 is 0 Å². The van der Waals surface area contributed by atoms with Gasteiger partial charge in [0.15, 0.2) is 6.04 Å². The lowest BCUT2D eigenvalue weighted by molar-refractivity contribution is -0.944. The minimum absolute atomic E-state index is 0.582. The first-order valence-electron chi connectivity index (χ1n) is 5.17. The van der Waals surface area contributed by atoms with E-state index in [1.54, 1.807) is 4.90 Å². The third-order valence-corrected chi connectivity index (χ3v) is 3.79. The van der Waals surface area contributed by atoms with Gasteiger partial charge in [-0.15, -0.1) is 11.3 Å². The molecule has 4 heteroatoms. The van der Waals surface area contributed by atoms with E-state index in [4.69, 9.17) is 4.74 Å². The standard InChI is InChI=1S/C10H16N2OS/c11-8-9(10-2-1-7-14-10)12-3-5-13-6-4-12/h1-2,7,9H,3-6,8,11H2/p+2/t9-/m1/s1. The van der Waals surface area contributed by atoms with Gasteiger partial charge in [0, 0.05) is 0 Å². The van der Waals surface area contributed by atoms with E-state index in [1.165, 1.54) is 4.88 Å². The van der Waals surface area contributed by atoms with Crippen LogP contribution < -0.4 is 10.6 Å². The summed E-state index contributed by atoms with van der Waals surface area (Å²) in [6, 6.07) is 4.94. The maximum atomic E-state index is 5.37. The Morgan fingerprint density at radius 2 is 2.29 bits per heavy atom. The second-order valence-corrected chi connectivity index (χ2v) is 4.61. The summed E-state index contributed by atoms with van der Waals surface area (Å²) in [5.74, 6) is 0. The average Bonchev–Trinajstić information content (AvgIpc) is 2.74. The minimum atomic E-state index is 0.582. The highest BCUT2D eigenvalue weighted by Gasteiger charge is 2.27. The first kappa shape index (κ1) is 10.1. The van der Waals surface area contributed by atoms with Gasteiger partial charge in [0.25, 0.3) is 0 Å². The van der Waals surface area contributed by atoms with E-state index in [-0.39, 0.29) is 0 Å². The zero-order chi connectivity index (χ0) is 9.80. The molecule has 1 aliphatic heterocycles. The molecule has 1 saturated heterocycles. The monoisotopic (exact) mass is 214 g/mol. The molecular weight excluding hydrogens is 196 g/mol. The number of nitrogens with one attached hydrogen (secondary N) is 1. The second kappa shape index (κ2) is 4.89. The molecule has 0 bridgehead atoms. The second-order valence-electron chi connectivity index (χ2n) is 3.63. The Balaban J connectivity index is 2.04. The van der Waals surface area contributed by atoms with Crippen molar-refractivity contribution in [2.45, 2.75) is 6.04 Å². The zero-order valence-corrected chi connectivity index (χ0v) is 9.19. The van der Waals surface area contributed by atoms with Gasteiger partial charge in [-0.25, -0.2) is 0 Å². The van der Waals surface area contributed by atoms with Crippen LogP contribution in [0.5, 0.6) is 0 Å². The van der Waals surface area contributed by atoms with E-state index in [2.05, 4.69) is 23.2 Å². The van der Waals surface area contributed by atoms with Crippen molar-refractivity contribution in [1.29, 1.82) is 0 Å². The van der Waals surface area contributed by atoms with Crippen LogP contribution in [0.2, 0.25) is 0 Å². The van der Waals surface area contributed by atoms with Gasteiger partial charge in [0.1, 0.15) is 19.6 Å². The number of hydrogen-bond donors (Lipinski definition) is 2. The molecule has 0 radical (unpaired) electrons. The van der Waals surface area contributed by atoms with Gasteiger partial charge >= 0.3 is 0 Å². The van der Waals surface area contributed by atoms with Crippen LogP contribution in [0.3, 0.4) is 0 Å². The molecule has 14 heavy (non-hydrogen) atoms. The van der Waals surface area contributed by atoms with E-state index in [0.29, 0.717) is 6.04 Å². The molecule has 3 nitrogen and oxygen atoms in total. The van der Waals surface area contributed by atoms with Crippen LogP contribution in [0.25, 0.3) is 0 Å². The molecule has 0 unspecified atom stereocenters. The number of hydrogen-bond acceptors (Lipinski definition) is 2. The molecule has 2 heterocycles. The summed E-state index contributed by atoms with van der Waals surface area (Å²) < 4.78 is 5.37. The van der Waals surface area contributed by atoms with Gasteiger partial charge in [0.05, 0.1) is 18.1 Å². The van der Waals surface area contributed by atoms with Crippen molar-refractivity contribution < 1.29 is 15.4 Å². The van der Waals surface area contributed by atoms with Gasteiger partial charge < -0.3 is 15.4 Å². The molecule has 0 aromatic carbocycles. The number of rotatable bonds is 3. The van der Waals surface area contributed by atoms with Crippen LogP contribution in [-0.2, 0) is 4.74 Å². The molecule has 0 amide bonds. The highest BCUT2D eigenvalue weighted by Crippen LogP contribution is 2.15. The van der Waals surface area contributed by atoms with Crippen molar-refractivity contribution in [3.8, 4) is 0 Å². The van der Waals surface area contributed by atoms with Crippen molar-refractivity contribution in [3.05, 3.63) is 22.4 Å². The fraction of sp³-hybridized carbons (Fsp3) is 0.600. The van der Waals surface area contributed by atoms with Crippen LogP contribution >= 0.6 is 11.3 Å². The van der Waals surface area contributed by atoms with Crippen LogP contribution in [-0.4, -0.2) is 32.8 Å². The summed E-state index contributed by atoms with van der Waals surface area (Å²) in [4.78, 5) is 3.10. The van der Waals surface area contributed by atoms with Gasteiger partial charge in [-0.2, -0.15) is 0 Å². The molecule has 1 aliphatic rings. The van der Waals surface area contributed by atoms with E-state index in [9.17, 15) is 0 Å². The van der Waals surface area contributed by atoms with Crippen LogP contribution in [0.15, 0.2) is 17.5 Å². The molecule has 1 fully saturated rings. The summed E-state index contributed by atoms with van der Waals surface area (Å²) in [7, 11) is 0. The predicted molar refractivity (Wildman–Crippen MR) is 56.3 cm³/mol. The fourth-order valence-electron chi connectivity index (χ4n) is 2.02. The van der Waals surface area contributed by atoms with Crippen molar-refractivity contribution in [2.24, 2.45) is 0 Å². The Bertz CT molecular complexity index is 257. The molecule has 1 aromatic rings. The Kier molecular flexibility index (Phi) is 3.53. The molecule has 0 spiro atoms. The van der Waals surface area contributed by atoms with E-state index in [1.807, 2.05) is 11.3 Å². The van der Waals surface area contributed by atoms with Gasteiger partial charge in [-0.1, -0.05) is 6.07 Å². The molecule has 78 valence electrons. The minimum Gasteiger partial charge on any atom is -0.370 e. The first-order valence-corrected chi connectivity index (χ1v) is 6.04. The molecule has 4 N–H and O–H groups in total. The lowest BCUT2D eigenvalue weighted by atomic mass is 10.2. The topological polar surface area (TPSA) is 41.3 Å². The van der Waals surface area contributed by atoms with E-state index >= 15 is 0 Å². The normalized spacial score (nSPS) is 20.9. The Labute approximate surface area is 88.5 Å². The van der Waals surface area contributed by atoms with Crippen molar-refractivity contribution in [2.75, 3.05) is 32.8 Å². The van der Waals surface area contributed by atoms with Crippen LogP contribution in [0.1, 0.15) is 10.9 Å². The third kappa shape index (κ3) is 2.15. The quantitative estimate of drug-likeness (QED) is 0.662. The largest absolute Gasteiger partial charge is 0.370 e. The highest BCUT2D eigenvalue weighted by molar-refractivity contribution is 7.10. The Hall–Kier alpha value is -0.420. The maximum Gasteiger partial charge on any atom is 0.172 e. The molecule has 1 atom stereocenters. The fourth-order valence-corrected chi connectivity index (χ4v) is 2.94. The predicted octanol–water partition coefficient (Wildman–Crippen LogP) is -1.05. The number of morpholine rings is 1. The smallest absolute Gasteiger partial charge is 0.172 e. The maximum absolute atomic E-state index is 5.37. The van der Waals surface area contributed by atoms with Crippen LogP contribution in [0, 0.1) is 0 Å². The number of quaternary nitrogens is 2. The molecule has 2 rings (SSSR count). The average molecular weight is 214 g/mol. The lowest BCUT2D eigenvalue weighted by Crippen LogP contribution is -3.15. The Morgan fingerprint density at radius 1 is 1.50 bits per heavy atom. The highest BCUT2D eigenvalue weighted by atomic mass is 32.1.